The fourth-order valence-electron chi connectivity index (χ4n) is 4.37. The van der Waals surface area contributed by atoms with Crippen molar-refractivity contribution in [3.05, 3.63) is 77.1 Å². The third kappa shape index (κ3) is 6.07. The van der Waals surface area contributed by atoms with Gasteiger partial charge in [0.05, 0.1) is 10.9 Å². The van der Waals surface area contributed by atoms with Crippen LogP contribution in [0.25, 0.3) is 0 Å². The van der Waals surface area contributed by atoms with Gasteiger partial charge in [-0.1, -0.05) is 35.9 Å². The molecule has 2 aromatic carbocycles. The summed E-state index contributed by atoms with van der Waals surface area (Å²) < 4.78 is 41.2. The third-order valence-electron chi connectivity index (χ3n) is 6.59. The molecule has 1 aliphatic heterocycles. The number of benzene rings is 2. The van der Waals surface area contributed by atoms with E-state index >= 15 is 0 Å². The summed E-state index contributed by atoms with van der Waals surface area (Å²) in [7, 11) is 0.412. The number of carbonyl (C=O) groups excluding carboxylic acids is 2. The molecule has 2 atom stereocenters. The highest BCUT2D eigenvalue weighted by molar-refractivity contribution is 8.72. The summed E-state index contributed by atoms with van der Waals surface area (Å²) in [6.45, 7) is 2.51. The number of likely N-dealkylation sites (tertiary alicyclic amines) is 1. The lowest BCUT2D eigenvalue weighted by Crippen LogP contribution is -2.43. The highest BCUT2D eigenvalue weighted by Gasteiger charge is 2.42. The van der Waals surface area contributed by atoms with Crippen LogP contribution in [0.1, 0.15) is 36.4 Å². The molecule has 0 spiro atoms. The van der Waals surface area contributed by atoms with Crippen LogP contribution < -0.4 is 0 Å². The van der Waals surface area contributed by atoms with Gasteiger partial charge in [-0.25, -0.2) is 12.8 Å². The zero-order valence-corrected chi connectivity index (χ0v) is 22.3. The van der Waals surface area contributed by atoms with E-state index in [1.54, 1.807) is 56.6 Å². The molecule has 1 aliphatic carbocycles. The summed E-state index contributed by atoms with van der Waals surface area (Å²) in [6, 6.07) is 12.2. The smallest absolute Gasteiger partial charge is 0.246 e. The number of carbonyl (C=O) groups is 2. The number of nitrogens with zero attached hydrogens (tertiary/aromatic N) is 2. The van der Waals surface area contributed by atoms with Gasteiger partial charge < -0.3 is 4.90 Å². The first-order valence-corrected chi connectivity index (χ1v) is 14.9. The normalized spacial score (nSPS) is 20.8. The average molecular weight is 531 g/mol. The van der Waals surface area contributed by atoms with Crippen LogP contribution in [0, 0.1) is 18.7 Å². The Kier molecular flexibility index (Phi) is 8.02. The summed E-state index contributed by atoms with van der Waals surface area (Å²) in [4.78, 5) is 29.5. The predicted molar refractivity (Wildman–Crippen MR) is 140 cm³/mol. The highest BCUT2D eigenvalue weighted by Crippen LogP contribution is 2.41. The number of piperidine rings is 1. The van der Waals surface area contributed by atoms with Crippen LogP contribution in [0.5, 0.6) is 0 Å². The molecule has 1 saturated heterocycles. The van der Waals surface area contributed by atoms with Crippen molar-refractivity contribution >= 4 is 31.4 Å². The monoisotopic (exact) mass is 530 g/mol. The van der Waals surface area contributed by atoms with Gasteiger partial charge in [-0.2, -0.15) is 0 Å². The van der Waals surface area contributed by atoms with Gasteiger partial charge in [-0.05, 0) is 60.8 Å². The molecule has 0 N–H and O–H groups in total. The van der Waals surface area contributed by atoms with Crippen LogP contribution in [0.3, 0.4) is 0 Å². The molecule has 2 aromatic rings. The zero-order chi connectivity index (χ0) is 26.0. The number of rotatable bonds is 8. The maximum Gasteiger partial charge on any atom is 0.246 e. The SMILES string of the molecule is Cc1ccc(S(=O)(=O)SC2CCN(C(C(=O)C3CC3)c3ccccc3F)CC2=CC(=O)N(C)C)cc1. The van der Waals surface area contributed by atoms with Gasteiger partial charge in [0.1, 0.15) is 5.82 Å². The van der Waals surface area contributed by atoms with Crippen molar-refractivity contribution in [2.45, 2.75) is 42.4 Å². The summed E-state index contributed by atoms with van der Waals surface area (Å²) in [5.74, 6) is -0.804. The molecule has 2 aliphatic rings. The zero-order valence-electron chi connectivity index (χ0n) is 20.7. The van der Waals surface area contributed by atoms with E-state index in [-0.39, 0.29) is 29.0 Å². The molecule has 0 bridgehead atoms. The highest BCUT2D eigenvalue weighted by atomic mass is 33.1. The number of halogens is 1. The van der Waals surface area contributed by atoms with E-state index in [2.05, 4.69) is 0 Å². The molecule has 6 nitrogen and oxygen atoms in total. The van der Waals surface area contributed by atoms with Gasteiger partial charge in [0.25, 0.3) is 0 Å². The number of Topliss-reactive ketones (excluding diaryl/α,β-unsaturated/α-hetero) is 1. The van der Waals surface area contributed by atoms with Crippen LogP contribution in [-0.2, 0) is 18.5 Å². The van der Waals surface area contributed by atoms with Crippen molar-refractivity contribution in [1.82, 2.24) is 9.80 Å². The molecule has 192 valence electrons. The minimum absolute atomic E-state index is 0.0169. The standard InChI is InChI=1S/C27H31FN2O4S2/c1-18-8-12-21(13-9-18)36(33,34)35-24-14-15-30(17-20(24)16-25(31)29(2)3)26(27(32)19-10-11-19)22-6-4-5-7-23(22)28/h4-9,12-13,16,19,24,26H,10-11,14-15,17H2,1-3H3. The van der Waals surface area contributed by atoms with Gasteiger partial charge in [-0.15, -0.1) is 0 Å². The van der Waals surface area contributed by atoms with E-state index < -0.39 is 26.0 Å². The lowest BCUT2D eigenvalue weighted by atomic mass is 9.93. The van der Waals surface area contributed by atoms with Gasteiger partial charge in [0, 0.05) is 50.0 Å². The second-order valence-corrected chi connectivity index (χ2v) is 13.7. The lowest BCUT2D eigenvalue weighted by molar-refractivity contribution is -0.126. The number of amides is 1. The first-order valence-electron chi connectivity index (χ1n) is 12.0. The molecule has 4 rings (SSSR count). The van der Waals surface area contributed by atoms with E-state index in [1.165, 1.54) is 17.0 Å². The number of hydrogen-bond donors (Lipinski definition) is 0. The molecule has 1 heterocycles. The van der Waals surface area contributed by atoms with Crippen molar-refractivity contribution in [2.24, 2.45) is 5.92 Å². The minimum Gasteiger partial charge on any atom is -0.345 e. The van der Waals surface area contributed by atoms with Crippen molar-refractivity contribution in [1.29, 1.82) is 0 Å². The molecule has 36 heavy (non-hydrogen) atoms. The molecular formula is C27H31FN2O4S2. The summed E-state index contributed by atoms with van der Waals surface area (Å²) in [6.07, 6.45) is 3.47. The molecule has 2 unspecified atom stereocenters. The molecule has 1 amide bonds. The van der Waals surface area contributed by atoms with E-state index in [0.29, 0.717) is 24.1 Å². The van der Waals surface area contributed by atoms with E-state index in [1.807, 2.05) is 11.8 Å². The van der Waals surface area contributed by atoms with Crippen LogP contribution in [0.15, 0.2) is 65.1 Å². The topological polar surface area (TPSA) is 74.8 Å². The Balaban J connectivity index is 1.65. The third-order valence-corrected chi connectivity index (χ3v) is 10.5. The Labute approximate surface area is 215 Å². The Morgan fingerprint density at radius 3 is 2.36 bits per heavy atom. The Morgan fingerprint density at radius 2 is 1.75 bits per heavy atom. The van der Waals surface area contributed by atoms with Crippen LogP contribution in [0.2, 0.25) is 0 Å². The Bertz CT molecular complexity index is 1270. The fourth-order valence-corrected chi connectivity index (χ4v) is 7.97. The van der Waals surface area contributed by atoms with Crippen molar-refractivity contribution in [2.75, 3.05) is 27.2 Å². The quantitative estimate of drug-likeness (QED) is 0.373. The van der Waals surface area contributed by atoms with E-state index in [4.69, 9.17) is 0 Å². The molecule has 0 aromatic heterocycles. The van der Waals surface area contributed by atoms with Crippen LogP contribution in [-0.4, -0.2) is 62.3 Å². The second-order valence-electron chi connectivity index (χ2n) is 9.66. The predicted octanol–water partition coefficient (Wildman–Crippen LogP) is 4.37. The van der Waals surface area contributed by atoms with E-state index in [0.717, 1.165) is 29.2 Å². The Hall–Kier alpha value is -2.49. The first kappa shape index (κ1) is 26.6. The summed E-state index contributed by atoms with van der Waals surface area (Å²) in [5.41, 5.74) is 1.90. The van der Waals surface area contributed by atoms with Crippen LogP contribution >= 0.6 is 10.8 Å². The molecule has 1 saturated carbocycles. The number of ketones is 1. The summed E-state index contributed by atoms with van der Waals surface area (Å²) >= 11 is 0. The molecule has 9 heteroatoms. The lowest BCUT2D eigenvalue weighted by Gasteiger charge is -2.38. The van der Waals surface area contributed by atoms with Gasteiger partial charge in [0.2, 0.25) is 14.8 Å². The second kappa shape index (κ2) is 10.9. The van der Waals surface area contributed by atoms with E-state index in [9.17, 15) is 22.4 Å². The number of hydrogen-bond acceptors (Lipinski definition) is 6. The van der Waals surface area contributed by atoms with Gasteiger partial charge in [-0.3, -0.25) is 14.5 Å². The number of likely N-dealkylation sites (N-methyl/N-ethyl adjacent to an activating group) is 1. The maximum atomic E-state index is 14.8. The van der Waals surface area contributed by atoms with Gasteiger partial charge in [0.15, 0.2) is 5.78 Å². The maximum absolute atomic E-state index is 14.8. The van der Waals surface area contributed by atoms with Crippen molar-refractivity contribution in [3.63, 3.8) is 0 Å². The first-order chi connectivity index (χ1) is 17.1. The van der Waals surface area contributed by atoms with Gasteiger partial charge >= 0.3 is 0 Å². The minimum atomic E-state index is -3.68. The van der Waals surface area contributed by atoms with Crippen molar-refractivity contribution in [3.8, 4) is 0 Å². The van der Waals surface area contributed by atoms with Crippen molar-refractivity contribution < 1.29 is 22.4 Å². The molecule has 2 fully saturated rings. The largest absolute Gasteiger partial charge is 0.345 e. The summed E-state index contributed by atoms with van der Waals surface area (Å²) in [5, 5.41) is -0.464. The van der Waals surface area contributed by atoms with Crippen LogP contribution in [0.4, 0.5) is 4.39 Å². The number of aryl methyl sites for hydroxylation is 1. The molecular weight excluding hydrogens is 499 g/mol. The fraction of sp³-hybridized carbons (Fsp3) is 0.407. The Morgan fingerprint density at radius 1 is 1.08 bits per heavy atom. The average Bonchev–Trinajstić information content (AvgIpc) is 3.67. The molecule has 0 radical (unpaired) electrons.